The van der Waals surface area contributed by atoms with Gasteiger partial charge in [-0.25, -0.2) is 0 Å². The van der Waals surface area contributed by atoms with Gasteiger partial charge < -0.3 is 20.9 Å². The van der Waals surface area contributed by atoms with Crippen LogP contribution in [0.1, 0.15) is 24.8 Å². The van der Waals surface area contributed by atoms with Crippen molar-refractivity contribution in [2.24, 2.45) is 16.3 Å². The van der Waals surface area contributed by atoms with E-state index >= 15 is 0 Å². The summed E-state index contributed by atoms with van der Waals surface area (Å²) < 4.78 is 0. The van der Waals surface area contributed by atoms with Gasteiger partial charge in [0.05, 0.1) is 22.9 Å². The minimum Gasteiger partial charge on any atom is -0.399 e. The molecule has 2 amide bonds. The van der Waals surface area contributed by atoms with Crippen molar-refractivity contribution in [3.05, 3.63) is 42.1 Å². The van der Waals surface area contributed by atoms with Crippen LogP contribution >= 0.6 is 0 Å². The molecule has 0 radical (unpaired) electrons. The highest BCUT2D eigenvalue weighted by molar-refractivity contribution is 6.35. The molecule has 1 aromatic carbocycles. The minimum absolute atomic E-state index is 0.0105. The number of nitrogen functional groups attached to an aromatic ring is 1. The number of nitrogens with zero attached hydrogens (tertiary/aromatic N) is 3. The van der Waals surface area contributed by atoms with Crippen LogP contribution in [0.5, 0.6) is 0 Å². The molecule has 0 saturated carbocycles. The number of hydrogen-bond acceptors (Lipinski definition) is 5. The van der Waals surface area contributed by atoms with E-state index < -0.39 is 11.1 Å². The third-order valence-electron chi connectivity index (χ3n) is 9.00. The van der Waals surface area contributed by atoms with Gasteiger partial charge in [0.2, 0.25) is 5.91 Å². The molecule has 150 valence electrons. The zero-order valence-electron chi connectivity index (χ0n) is 16.4. The number of carbonyl (C=O) groups excluding carboxylic acids is 2. The first kappa shape index (κ1) is 15.7. The van der Waals surface area contributed by atoms with E-state index in [2.05, 4.69) is 16.8 Å². The molecule has 7 heteroatoms. The molecule has 8 aliphatic rings. The lowest BCUT2D eigenvalue weighted by molar-refractivity contribution is -0.175. The van der Waals surface area contributed by atoms with Crippen LogP contribution in [-0.2, 0) is 9.59 Å². The Hall–Kier alpha value is -3.09. The fourth-order valence-corrected chi connectivity index (χ4v) is 7.70. The second-order valence-corrected chi connectivity index (χ2v) is 9.95. The molecule has 7 aliphatic heterocycles. The molecule has 3 spiro atoms. The number of fused-ring (bicyclic) bond motifs is 7. The molecule has 2 bridgehead atoms. The quantitative estimate of drug-likeness (QED) is 0.507. The molecule has 3 N–H and O–H groups in total. The van der Waals surface area contributed by atoms with Crippen molar-refractivity contribution in [1.29, 1.82) is 0 Å². The maximum atomic E-state index is 13.9. The maximum Gasteiger partial charge on any atom is 0.253 e. The monoisotopic (exact) mass is 399 g/mol. The van der Waals surface area contributed by atoms with Crippen LogP contribution in [0.25, 0.3) is 5.57 Å². The number of nitrogens with one attached hydrogen (secondary N) is 1. The van der Waals surface area contributed by atoms with Crippen LogP contribution in [-0.4, -0.2) is 57.5 Å². The first-order valence-electron chi connectivity index (χ1n) is 10.8. The Bertz CT molecular complexity index is 1230. The zero-order chi connectivity index (χ0) is 20.2. The molecule has 5 atom stereocenters. The van der Waals surface area contributed by atoms with Crippen molar-refractivity contribution in [3.8, 4) is 0 Å². The summed E-state index contributed by atoms with van der Waals surface area (Å²) in [5.74, 6) is 0.0175. The Balaban J connectivity index is 1.45. The molecule has 30 heavy (non-hydrogen) atoms. The number of piperazine rings is 1. The van der Waals surface area contributed by atoms with E-state index in [0.29, 0.717) is 24.7 Å². The molecule has 1 aliphatic carbocycles. The zero-order valence-corrected chi connectivity index (χ0v) is 16.4. The third kappa shape index (κ3) is 1.27. The molecule has 9 rings (SSSR count). The summed E-state index contributed by atoms with van der Waals surface area (Å²) in [6.45, 7) is 6.08. The highest BCUT2D eigenvalue weighted by Gasteiger charge is 2.82. The minimum atomic E-state index is -1.02. The SMILES string of the molecule is C=C1N2CC2C12C1=Nc3cc(N)ccc3C1=CC13NC(=O)C4(CCCN4C1=O)CC32. The average molecular weight is 399 g/mol. The van der Waals surface area contributed by atoms with E-state index in [9.17, 15) is 9.59 Å². The van der Waals surface area contributed by atoms with Crippen LogP contribution < -0.4 is 11.1 Å². The van der Waals surface area contributed by atoms with Gasteiger partial charge in [0.25, 0.3) is 5.91 Å². The van der Waals surface area contributed by atoms with E-state index in [-0.39, 0.29) is 23.1 Å². The molecule has 6 fully saturated rings. The first-order chi connectivity index (χ1) is 14.4. The van der Waals surface area contributed by atoms with Gasteiger partial charge in [0.1, 0.15) is 11.1 Å². The van der Waals surface area contributed by atoms with E-state index in [0.717, 1.165) is 47.6 Å². The predicted octanol–water partition coefficient (Wildman–Crippen LogP) is 1.20. The van der Waals surface area contributed by atoms with E-state index in [1.54, 1.807) is 0 Å². The molecule has 6 saturated heterocycles. The lowest BCUT2D eigenvalue weighted by Crippen LogP contribution is -2.85. The average Bonchev–Trinajstić information content (AvgIpc) is 3.16. The van der Waals surface area contributed by atoms with Gasteiger partial charge >= 0.3 is 0 Å². The Morgan fingerprint density at radius 2 is 2.17 bits per heavy atom. The van der Waals surface area contributed by atoms with Crippen molar-refractivity contribution < 1.29 is 9.59 Å². The van der Waals surface area contributed by atoms with Crippen LogP contribution in [0.2, 0.25) is 0 Å². The summed E-state index contributed by atoms with van der Waals surface area (Å²) in [7, 11) is 0. The number of aliphatic imine (C=N–C) groups is 1. The Morgan fingerprint density at radius 3 is 2.97 bits per heavy atom. The van der Waals surface area contributed by atoms with Gasteiger partial charge in [-0.2, -0.15) is 0 Å². The van der Waals surface area contributed by atoms with Crippen LogP contribution in [0, 0.1) is 11.3 Å². The highest BCUT2D eigenvalue weighted by atomic mass is 16.2. The predicted molar refractivity (Wildman–Crippen MR) is 111 cm³/mol. The number of carbonyl (C=O) groups is 2. The molecule has 5 unspecified atom stereocenters. The van der Waals surface area contributed by atoms with Gasteiger partial charge in [-0.3, -0.25) is 14.6 Å². The molecular formula is C23H21N5O2. The van der Waals surface area contributed by atoms with Crippen molar-refractivity contribution in [2.45, 2.75) is 36.4 Å². The summed E-state index contributed by atoms with van der Waals surface area (Å²) in [5, 5.41) is 3.24. The fraction of sp³-hybridized carbons (Fsp3) is 0.435. The smallest absolute Gasteiger partial charge is 0.253 e. The molecular weight excluding hydrogens is 378 g/mol. The number of rotatable bonds is 0. The lowest BCUT2D eigenvalue weighted by atomic mass is 9.47. The number of anilines is 1. The van der Waals surface area contributed by atoms with Gasteiger partial charge in [-0.1, -0.05) is 12.6 Å². The Labute approximate surface area is 173 Å². The van der Waals surface area contributed by atoms with Crippen molar-refractivity contribution in [2.75, 3.05) is 18.8 Å². The van der Waals surface area contributed by atoms with Gasteiger partial charge in [-0.15, -0.1) is 0 Å². The number of piperidine rings is 2. The van der Waals surface area contributed by atoms with E-state index in [1.807, 2.05) is 29.2 Å². The summed E-state index contributed by atoms with van der Waals surface area (Å²) in [5.41, 5.74) is 9.50. The van der Waals surface area contributed by atoms with Crippen molar-refractivity contribution in [1.82, 2.24) is 15.1 Å². The number of nitrogens with two attached hydrogens (primary N) is 1. The second-order valence-electron chi connectivity index (χ2n) is 9.95. The molecule has 1 aromatic rings. The topological polar surface area (TPSA) is 90.8 Å². The first-order valence-corrected chi connectivity index (χ1v) is 10.8. The second kappa shape index (κ2) is 4.19. The number of hydrogen-bond donors (Lipinski definition) is 2. The largest absolute Gasteiger partial charge is 0.399 e. The lowest BCUT2D eigenvalue weighted by Gasteiger charge is -2.66. The van der Waals surface area contributed by atoms with Crippen molar-refractivity contribution >= 4 is 34.5 Å². The number of amides is 2. The van der Waals surface area contributed by atoms with E-state index in [4.69, 9.17) is 10.7 Å². The molecule has 7 nitrogen and oxygen atoms in total. The Kier molecular flexibility index (Phi) is 2.20. The van der Waals surface area contributed by atoms with Crippen LogP contribution in [0.15, 0.2) is 41.5 Å². The maximum absolute atomic E-state index is 13.9. The molecule has 7 heterocycles. The number of allylic oxidation sites excluding steroid dienone is 1. The Morgan fingerprint density at radius 1 is 1.30 bits per heavy atom. The van der Waals surface area contributed by atoms with Crippen LogP contribution in [0.4, 0.5) is 11.4 Å². The summed E-state index contributed by atoms with van der Waals surface area (Å²) >= 11 is 0. The molecule has 0 aromatic heterocycles. The van der Waals surface area contributed by atoms with Gasteiger partial charge in [0.15, 0.2) is 0 Å². The third-order valence-corrected chi connectivity index (χ3v) is 9.00. The van der Waals surface area contributed by atoms with Gasteiger partial charge in [-0.05, 0) is 37.5 Å². The standard InChI is InChI=1S/C23H21N5O2/c1-11-23(17-10-27(11)17)16-9-21-5-2-6-28(21)20(30)22(16,26-19(21)29)8-14-13-4-3-12(24)7-15(13)25-18(14)23/h3-4,7-8,16-17H,1-2,5-6,9-10,24H2,(H,26,29). The normalized spacial score (nSPS) is 43.3. The van der Waals surface area contributed by atoms with Crippen LogP contribution in [0.3, 0.4) is 0 Å². The van der Waals surface area contributed by atoms with Crippen molar-refractivity contribution in [3.63, 3.8) is 0 Å². The van der Waals surface area contributed by atoms with Gasteiger partial charge in [0, 0.05) is 41.5 Å². The summed E-state index contributed by atoms with van der Waals surface area (Å²) in [4.78, 5) is 36.5. The summed E-state index contributed by atoms with van der Waals surface area (Å²) in [6, 6.07) is 6.08. The highest BCUT2D eigenvalue weighted by Crippen LogP contribution is 2.71. The fourth-order valence-electron chi connectivity index (χ4n) is 7.70. The van der Waals surface area contributed by atoms with E-state index in [1.165, 1.54) is 0 Å². The number of benzene rings is 1. The summed E-state index contributed by atoms with van der Waals surface area (Å²) in [6.07, 6.45) is 4.33.